The van der Waals surface area contributed by atoms with Crippen molar-refractivity contribution in [3.05, 3.63) is 21.2 Å². The molecule has 1 fully saturated rings. The SMILES string of the molecule is CC(=N)/C(=C\NCC1CC1)Cc1nn(C)nc1I. The van der Waals surface area contributed by atoms with Crippen molar-refractivity contribution in [1.29, 1.82) is 5.41 Å². The van der Waals surface area contributed by atoms with Crippen LogP contribution in [0.15, 0.2) is 11.8 Å². The molecule has 0 aromatic carbocycles. The number of nitrogens with one attached hydrogen (secondary N) is 2. The minimum absolute atomic E-state index is 0.583. The predicted molar refractivity (Wildman–Crippen MR) is 79.6 cm³/mol. The molecule has 1 heterocycles. The van der Waals surface area contributed by atoms with Crippen LogP contribution in [0.1, 0.15) is 25.5 Å². The Kier molecular flexibility index (Phi) is 4.36. The summed E-state index contributed by atoms with van der Waals surface area (Å²) in [6, 6.07) is 0. The molecule has 98 valence electrons. The van der Waals surface area contributed by atoms with Gasteiger partial charge in [0, 0.05) is 31.9 Å². The van der Waals surface area contributed by atoms with E-state index in [-0.39, 0.29) is 0 Å². The van der Waals surface area contributed by atoms with Crippen LogP contribution < -0.4 is 5.32 Å². The Bertz CT molecular complexity index is 473. The lowest BCUT2D eigenvalue weighted by molar-refractivity contribution is 0.644. The van der Waals surface area contributed by atoms with Gasteiger partial charge in [0.2, 0.25) is 0 Å². The molecule has 0 aliphatic heterocycles. The maximum Gasteiger partial charge on any atom is 0.147 e. The van der Waals surface area contributed by atoms with Gasteiger partial charge in [-0.05, 0) is 53.8 Å². The van der Waals surface area contributed by atoms with Crippen LogP contribution in [0, 0.1) is 15.0 Å². The van der Waals surface area contributed by atoms with Crippen molar-refractivity contribution in [2.45, 2.75) is 26.2 Å². The smallest absolute Gasteiger partial charge is 0.147 e. The monoisotopic (exact) mass is 359 g/mol. The highest BCUT2D eigenvalue weighted by Crippen LogP contribution is 2.27. The minimum atomic E-state index is 0.583. The zero-order chi connectivity index (χ0) is 13.1. The summed E-state index contributed by atoms with van der Waals surface area (Å²) in [7, 11) is 1.82. The summed E-state index contributed by atoms with van der Waals surface area (Å²) in [5, 5.41) is 19.7. The van der Waals surface area contributed by atoms with Gasteiger partial charge in [0.05, 0.1) is 0 Å². The van der Waals surface area contributed by atoms with Gasteiger partial charge in [-0.1, -0.05) is 0 Å². The maximum atomic E-state index is 7.81. The highest BCUT2D eigenvalue weighted by atomic mass is 127. The van der Waals surface area contributed by atoms with Crippen LogP contribution >= 0.6 is 22.6 Å². The van der Waals surface area contributed by atoms with Crippen LogP contribution in [0.5, 0.6) is 0 Å². The van der Waals surface area contributed by atoms with Crippen molar-refractivity contribution in [1.82, 2.24) is 20.3 Å². The third kappa shape index (κ3) is 3.79. The summed E-state index contributed by atoms with van der Waals surface area (Å²) < 4.78 is 0.907. The van der Waals surface area contributed by atoms with E-state index >= 15 is 0 Å². The van der Waals surface area contributed by atoms with Crippen molar-refractivity contribution in [3.8, 4) is 0 Å². The van der Waals surface area contributed by atoms with Crippen molar-refractivity contribution in [3.63, 3.8) is 0 Å². The molecule has 0 saturated heterocycles. The topological polar surface area (TPSA) is 66.6 Å². The van der Waals surface area contributed by atoms with E-state index in [1.54, 1.807) is 4.80 Å². The number of allylic oxidation sites excluding steroid dienone is 1. The lowest BCUT2D eigenvalue weighted by atomic mass is 10.1. The van der Waals surface area contributed by atoms with E-state index < -0.39 is 0 Å². The first-order valence-electron chi connectivity index (χ1n) is 6.10. The average Bonchev–Trinajstić information content (AvgIpc) is 3.04. The minimum Gasteiger partial charge on any atom is -0.390 e. The maximum absolute atomic E-state index is 7.81. The van der Waals surface area contributed by atoms with Crippen LogP contribution in [-0.2, 0) is 13.5 Å². The van der Waals surface area contributed by atoms with Crippen LogP contribution in [0.2, 0.25) is 0 Å². The van der Waals surface area contributed by atoms with Gasteiger partial charge in [-0.2, -0.15) is 9.90 Å². The van der Waals surface area contributed by atoms with Gasteiger partial charge in [0.25, 0.3) is 0 Å². The fourth-order valence-electron chi connectivity index (χ4n) is 1.67. The molecular formula is C12H18IN5. The number of halogens is 1. The van der Waals surface area contributed by atoms with Gasteiger partial charge in [-0.15, -0.1) is 5.10 Å². The molecule has 1 aromatic heterocycles. The molecular weight excluding hydrogens is 341 g/mol. The zero-order valence-electron chi connectivity index (χ0n) is 10.7. The fraction of sp³-hybridized carbons (Fsp3) is 0.583. The first-order chi connectivity index (χ1) is 8.56. The lowest BCUT2D eigenvalue weighted by Gasteiger charge is -2.05. The fourth-order valence-corrected chi connectivity index (χ4v) is 2.29. The Labute approximate surface area is 121 Å². The van der Waals surface area contributed by atoms with E-state index in [0.29, 0.717) is 12.1 Å². The van der Waals surface area contributed by atoms with Gasteiger partial charge >= 0.3 is 0 Å². The first-order valence-corrected chi connectivity index (χ1v) is 7.17. The average molecular weight is 359 g/mol. The number of nitrogens with zero attached hydrogens (tertiary/aromatic N) is 3. The summed E-state index contributed by atoms with van der Waals surface area (Å²) in [6.07, 6.45) is 5.30. The van der Waals surface area contributed by atoms with E-state index in [4.69, 9.17) is 5.41 Å². The summed E-state index contributed by atoms with van der Waals surface area (Å²) in [6.45, 7) is 2.84. The highest BCUT2D eigenvalue weighted by molar-refractivity contribution is 14.1. The summed E-state index contributed by atoms with van der Waals surface area (Å²) in [5.41, 5.74) is 2.50. The highest BCUT2D eigenvalue weighted by Gasteiger charge is 2.20. The van der Waals surface area contributed by atoms with Gasteiger partial charge in [0.1, 0.15) is 9.39 Å². The number of aromatic nitrogens is 3. The van der Waals surface area contributed by atoms with E-state index in [2.05, 4.69) is 38.1 Å². The van der Waals surface area contributed by atoms with Crippen molar-refractivity contribution < 1.29 is 0 Å². The number of hydrogen-bond donors (Lipinski definition) is 2. The van der Waals surface area contributed by atoms with Crippen LogP contribution in [0.3, 0.4) is 0 Å². The molecule has 1 saturated carbocycles. The van der Waals surface area contributed by atoms with Gasteiger partial charge < -0.3 is 10.7 Å². The zero-order valence-corrected chi connectivity index (χ0v) is 12.9. The molecule has 1 aliphatic rings. The standard InChI is InChI=1S/C12H18IN5/c1-8(14)10(7-15-6-9-3-4-9)5-11-12(13)17-18(2)16-11/h7,9,14-15H,3-6H2,1-2H3/b10-7-,14-8?. The van der Waals surface area contributed by atoms with E-state index in [0.717, 1.165) is 27.4 Å². The molecule has 0 unspecified atom stereocenters. The van der Waals surface area contributed by atoms with Gasteiger partial charge in [-0.25, -0.2) is 0 Å². The molecule has 5 nitrogen and oxygen atoms in total. The predicted octanol–water partition coefficient (Wildman–Crippen LogP) is 1.89. The molecule has 0 atom stereocenters. The molecule has 2 rings (SSSR count). The Morgan fingerprint density at radius 1 is 1.56 bits per heavy atom. The molecule has 18 heavy (non-hydrogen) atoms. The summed E-state index contributed by atoms with van der Waals surface area (Å²) in [5.74, 6) is 0.838. The Morgan fingerprint density at radius 2 is 2.28 bits per heavy atom. The molecule has 0 amide bonds. The third-order valence-electron chi connectivity index (χ3n) is 2.96. The normalized spacial score (nSPS) is 15.8. The van der Waals surface area contributed by atoms with E-state index in [1.165, 1.54) is 12.8 Å². The molecule has 0 radical (unpaired) electrons. The van der Waals surface area contributed by atoms with Crippen LogP contribution in [-0.4, -0.2) is 27.3 Å². The second-order valence-corrected chi connectivity index (χ2v) is 5.77. The molecule has 6 heteroatoms. The molecule has 1 aromatic rings. The molecule has 1 aliphatic carbocycles. The van der Waals surface area contributed by atoms with Crippen LogP contribution in [0.4, 0.5) is 0 Å². The summed E-state index contributed by atoms with van der Waals surface area (Å²) in [4.78, 5) is 1.58. The van der Waals surface area contributed by atoms with E-state index in [1.807, 2.05) is 20.2 Å². The van der Waals surface area contributed by atoms with Crippen molar-refractivity contribution in [2.75, 3.05) is 6.54 Å². The molecule has 0 bridgehead atoms. The van der Waals surface area contributed by atoms with Gasteiger partial charge in [0.15, 0.2) is 0 Å². The Morgan fingerprint density at radius 3 is 2.78 bits per heavy atom. The number of rotatable bonds is 6. The third-order valence-corrected chi connectivity index (χ3v) is 3.79. The van der Waals surface area contributed by atoms with Gasteiger partial charge in [-0.3, -0.25) is 0 Å². The molecule has 2 N–H and O–H groups in total. The Balaban J connectivity index is 2.00. The van der Waals surface area contributed by atoms with Crippen molar-refractivity contribution in [2.24, 2.45) is 13.0 Å². The number of hydrogen-bond acceptors (Lipinski definition) is 4. The quantitative estimate of drug-likeness (QED) is 0.602. The largest absolute Gasteiger partial charge is 0.390 e. The first kappa shape index (κ1) is 13.5. The molecule has 0 spiro atoms. The number of aryl methyl sites for hydroxylation is 1. The van der Waals surface area contributed by atoms with Crippen LogP contribution in [0.25, 0.3) is 0 Å². The lowest BCUT2D eigenvalue weighted by Crippen LogP contribution is -2.13. The second-order valence-electron chi connectivity index (χ2n) is 4.75. The van der Waals surface area contributed by atoms with E-state index in [9.17, 15) is 0 Å². The van der Waals surface area contributed by atoms with Crippen molar-refractivity contribution >= 4 is 28.3 Å². The Hall–Kier alpha value is -0.920. The second kappa shape index (κ2) is 5.81. The summed E-state index contributed by atoms with van der Waals surface area (Å²) >= 11 is 2.18.